The summed E-state index contributed by atoms with van der Waals surface area (Å²) in [4.78, 5) is 2.50. The van der Waals surface area contributed by atoms with Crippen molar-refractivity contribution in [1.29, 1.82) is 0 Å². The highest BCUT2D eigenvalue weighted by Gasteiger charge is 2.17. The van der Waals surface area contributed by atoms with Gasteiger partial charge in [-0.2, -0.15) is 0 Å². The monoisotopic (exact) mass is 214 g/mol. The topological polar surface area (TPSA) is 24.5 Å². The van der Waals surface area contributed by atoms with E-state index in [0.29, 0.717) is 6.10 Å². The Balaban J connectivity index is 1.94. The van der Waals surface area contributed by atoms with Crippen LogP contribution in [0.15, 0.2) is 0 Å². The fourth-order valence-electron chi connectivity index (χ4n) is 1.99. The second-order valence-electron chi connectivity index (χ2n) is 4.25. The minimum Gasteiger partial charge on any atom is -0.377 e. The van der Waals surface area contributed by atoms with Crippen molar-refractivity contribution in [3.05, 3.63) is 0 Å². The molecular formula is C12H26N2O. The number of nitrogens with zero attached hydrogens (tertiary/aromatic N) is 1. The highest BCUT2D eigenvalue weighted by atomic mass is 16.5. The summed E-state index contributed by atoms with van der Waals surface area (Å²) < 4.78 is 5.83. The summed E-state index contributed by atoms with van der Waals surface area (Å²) in [5.74, 6) is 0. The number of piperidine rings is 1. The van der Waals surface area contributed by atoms with E-state index in [0.717, 1.165) is 19.7 Å². The molecule has 1 heterocycles. The molecule has 15 heavy (non-hydrogen) atoms. The first-order chi connectivity index (χ1) is 7.36. The third kappa shape index (κ3) is 5.50. The largest absolute Gasteiger partial charge is 0.377 e. The van der Waals surface area contributed by atoms with Gasteiger partial charge in [-0.25, -0.2) is 0 Å². The molecule has 0 amide bonds. The van der Waals surface area contributed by atoms with Crippen LogP contribution >= 0.6 is 0 Å². The number of hydrogen-bond donors (Lipinski definition) is 1. The van der Waals surface area contributed by atoms with Crippen molar-refractivity contribution in [2.24, 2.45) is 0 Å². The third-order valence-electron chi connectivity index (χ3n) is 3.04. The lowest BCUT2D eigenvalue weighted by Crippen LogP contribution is -2.37. The first kappa shape index (κ1) is 12.9. The van der Waals surface area contributed by atoms with Gasteiger partial charge in [0.2, 0.25) is 0 Å². The van der Waals surface area contributed by atoms with Crippen molar-refractivity contribution in [2.75, 3.05) is 39.3 Å². The van der Waals surface area contributed by atoms with Gasteiger partial charge in [0.05, 0.1) is 12.7 Å². The second kappa shape index (κ2) is 8.08. The molecule has 0 aliphatic carbocycles. The molecule has 1 saturated heterocycles. The number of nitrogens with one attached hydrogen (secondary N) is 1. The SMILES string of the molecule is CCCNCCOC1CCN(CC)CC1. The first-order valence-electron chi connectivity index (χ1n) is 6.41. The number of hydrogen-bond acceptors (Lipinski definition) is 3. The smallest absolute Gasteiger partial charge is 0.0600 e. The van der Waals surface area contributed by atoms with E-state index in [-0.39, 0.29) is 0 Å². The van der Waals surface area contributed by atoms with Crippen LogP contribution in [0.1, 0.15) is 33.1 Å². The molecular weight excluding hydrogens is 188 g/mol. The second-order valence-corrected chi connectivity index (χ2v) is 4.25. The number of rotatable bonds is 7. The Bertz CT molecular complexity index is 145. The van der Waals surface area contributed by atoms with Crippen molar-refractivity contribution < 1.29 is 4.74 Å². The van der Waals surface area contributed by atoms with Crippen LogP contribution in [0.25, 0.3) is 0 Å². The summed E-state index contributed by atoms with van der Waals surface area (Å²) in [7, 11) is 0. The average molecular weight is 214 g/mol. The molecule has 3 heteroatoms. The van der Waals surface area contributed by atoms with Crippen LogP contribution in [-0.4, -0.2) is 50.3 Å². The normalized spacial score (nSPS) is 19.6. The van der Waals surface area contributed by atoms with Crippen molar-refractivity contribution in [3.8, 4) is 0 Å². The summed E-state index contributed by atoms with van der Waals surface area (Å²) in [5, 5.41) is 3.36. The van der Waals surface area contributed by atoms with Crippen LogP contribution in [-0.2, 0) is 4.74 Å². The predicted octanol–water partition coefficient (Wildman–Crippen LogP) is 1.49. The lowest BCUT2D eigenvalue weighted by atomic mass is 10.1. The molecule has 0 bridgehead atoms. The average Bonchev–Trinajstić information content (AvgIpc) is 2.30. The Morgan fingerprint density at radius 3 is 2.53 bits per heavy atom. The Kier molecular flexibility index (Phi) is 6.98. The molecule has 0 aromatic rings. The molecule has 0 unspecified atom stereocenters. The lowest BCUT2D eigenvalue weighted by molar-refractivity contribution is 0.0103. The zero-order valence-electron chi connectivity index (χ0n) is 10.3. The molecule has 1 fully saturated rings. The minimum atomic E-state index is 0.510. The molecule has 1 N–H and O–H groups in total. The van der Waals surface area contributed by atoms with Gasteiger partial charge in [0.15, 0.2) is 0 Å². The standard InChI is InChI=1S/C12H26N2O/c1-3-7-13-8-11-15-12-5-9-14(4-2)10-6-12/h12-13H,3-11H2,1-2H3. The Morgan fingerprint density at radius 1 is 1.20 bits per heavy atom. The van der Waals surface area contributed by atoms with Gasteiger partial charge in [-0.1, -0.05) is 13.8 Å². The van der Waals surface area contributed by atoms with Crippen molar-refractivity contribution in [2.45, 2.75) is 39.2 Å². The van der Waals surface area contributed by atoms with E-state index in [2.05, 4.69) is 24.1 Å². The fourth-order valence-corrected chi connectivity index (χ4v) is 1.99. The van der Waals surface area contributed by atoms with Crippen LogP contribution in [0, 0.1) is 0 Å². The van der Waals surface area contributed by atoms with E-state index in [1.165, 1.54) is 38.9 Å². The highest BCUT2D eigenvalue weighted by molar-refractivity contribution is 4.71. The molecule has 0 aromatic heterocycles. The zero-order chi connectivity index (χ0) is 10.9. The van der Waals surface area contributed by atoms with Crippen LogP contribution in [0.4, 0.5) is 0 Å². The molecule has 1 aliphatic heterocycles. The quantitative estimate of drug-likeness (QED) is 0.650. The maximum Gasteiger partial charge on any atom is 0.0600 e. The first-order valence-corrected chi connectivity index (χ1v) is 6.41. The zero-order valence-corrected chi connectivity index (χ0v) is 10.3. The maximum absolute atomic E-state index is 5.83. The summed E-state index contributed by atoms with van der Waals surface area (Å²) in [6.45, 7) is 11.0. The van der Waals surface area contributed by atoms with Gasteiger partial charge < -0.3 is 15.0 Å². The van der Waals surface area contributed by atoms with E-state index in [1.807, 2.05) is 0 Å². The summed E-state index contributed by atoms with van der Waals surface area (Å²) in [6.07, 6.45) is 4.13. The van der Waals surface area contributed by atoms with Crippen LogP contribution in [0.5, 0.6) is 0 Å². The Hall–Kier alpha value is -0.120. The molecule has 0 spiro atoms. The molecule has 1 aliphatic rings. The van der Waals surface area contributed by atoms with E-state index in [1.54, 1.807) is 0 Å². The molecule has 0 radical (unpaired) electrons. The van der Waals surface area contributed by atoms with Gasteiger partial charge in [-0.15, -0.1) is 0 Å². The Morgan fingerprint density at radius 2 is 1.93 bits per heavy atom. The number of ether oxygens (including phenoxy) is 1. The third-order valence-corrected chi connectivity index (χ3v) is 3.04. The van der Waals surface area contributed by atoms with Gasteiger partial charge in [0.25, 0.3) is 0 Å². The summed E-state index contributed by atoms with van der Waals surface area (Å²) >= 11 is 0. The molecule has 0 saturated carbocycles. The van der Waals surface area contributed by atoms with Crippen LogP contribution in [0.3, 0.4) is 0 Å². The molecule has 90 valence electrons. The van der Waals surface area contributed by atoms with Crippen LogP contribution in [0.2, 0.25) is 0 Å². The Labute approximate surface area is 94.2 Å². The molecule has 0 aromatic carbocycles. The van der Waals surface area contributed by atoms with Gasteiger partial charge in [-0.05, 0) is 32.4 Å². The van der Waals surface area contributed by atoms with Gasteiger partial charge in [0.1, 0.15) is 0 Å². The summed E-state index contributed by atoms with van der Waals surface area (Å²) in [6, 6.07) is 0. The molecule has 1 rings (SSSR count). The van der Waals surface area contributed by atoms with E-state index in [4.69, 9.17) is 4.74 Å². The fraction of sp³-hybridized carbons (Fsp3) is 1.00. The molecule has 0 atom stereocenters. The lowest BCUT2D eigenvalue weighted by Gasteiger charge is -2.30. The highest BCUT2D eigenvalue weighted by Crippen LogP contribution is 2.12. The van der Waals surface area contributed by atoms with Crippen LogP contribution < -0.4 is 5.32 Å². The van der Waals surface area contributed by atoms with Crippen molar-refractivity contribution >= 4 is 0 Å². The van der Waals surface area contributed by atoms with Gasteiger partial charge in [-0.3, -0.25) is 0 Å². The van der Waals surface area contributed by atoms with Crippen molar-refractivity contribution in [1.82, 2.24) is 10.2 Å². The summed E-state index contributed by atoms with van der Waals surface area (Å²) in [5.41, 5.74) is 0. The predicted molar refractivity (Wildman–Crippen MR) is 64.2 cm³/mol. The van der Waals surface area contributed by atoms with Crippen molar-refractivity contribution in [3.63, 3.8) is 0 Å². The van der Waals surface area contributed by atoms with Gasteiger partial charge in [0, 0.05) is 19.6 Å². The van der Waals surface area contributed by atoms with E-state index >= 15 is 0 Å². The van der Waals surface area contributed by atoms with E-state index in [9.17, 15) is 0 Å². The van der Waals surface area contributed by atoms with Gasteiger partial charge >= 0.3 is 0 Å². The number of likely N-dealkylation sites (tertiary alicyclic amines) is 1. The van der Waals surface area contributed by atoms with E-state index < -0.39 is 0 Å². The minimum absolute atomic E-state index is 0.510. The molecule has 3 nitrogen and oxygen atoms in total. The maximum atomic E-state index is 5.83.